The summed E-state index contributed by atoms with van der Waals surface area (Å²) in [7, 11) is 0. The lowest BCUT2D eigenvalue weighted by Crippen LogP contribution is -2.17. The molecule has 0 aliphatic heterocycles. The molecule has 2 unspecified atom stereocenters. The predicted octanol–water partition coefficient (Wildman–Crippen LogP) is 6.89. The van der Waals surface area contributed by atoms with Crippen molar-refractivity contribution < 1.29 is 38.1 Å². The van der Waals surface area contributed by atoms with Crippen LogP contribution in [0.2, 0.25) is 0 Å². The standard InChI is InChI=1S/C31H48O8/c1-6-10-12-24(8-3)21-36-28(32)16-18-30(34)38-26-15-14-23(5)20-27(26)39-31(35)19-17-29(33)37-22-25(9-4)13-11-7-2/h14-15,20,24-25H,6-13,16-19,21-22H2,1-5H3. The molecule has 0 bridgehead atoms. The van der Waals surface area contributed by atoms with Gasteiger partial charge in [0.25, 0.3) is 0 Å². The van der Waals surface area contributed by atoms with Crippen LogP contribution in [0.1, 0.15) is 110 Å². The SMILES string of the molecule is CCCCC(CC)COC(=O)CCC(=O)Oc1ccc(C)cc1OC(=O)CCC(=O)OCC(CC)CCCC. The summed E-state index contributed by atoms with van der Waals surface area (Å²) < 4.78 is 21.4. The number of hydrogen-bond acceptors (Lipinski definition) is 8. The van der Waals surface area contributed by atoms with Gasteiger partial charge in [0, 0.05) is 0 Å². The molecule has 0 saturated heterocycles. The van der Waals surface area contributed by atoms with Crippen LogP contribution in [0.5, 0.6) is 11.5 Å². The van der Waals surface area contributed by atoms with E-state index >= 15 is 0 Å². The van der Waals surface area contributed by atoms with Crippen molar-refractivity contribution in [3.63, 3.8) is 0 Å². The molecule has 8 nitrogen and oxygen atoms in total. The van der Waals surface area contributed by atoms with Gasteiger partial charge in [0.15, 0.2) is 11.5 Å². The summed E-state index contributed by atoms with van der Waals surface area (Å²) >= 11 is 0. The number of benzene rings is 1. The molecule has 8 heteroatoms. The second-order valence-electron chi connectivity index (χ2n) is 10.1. The third-order valence-corrected chi connectivity index (χ3v) is 6.66. The second kappa shape index (κ2) is 20.1. The zero-order valence-corrected chi connectivity index (χ0v) is 24.6. The summed E-state index contributed by atoms with van der Waals surface area (Å²) in [6, 6.07) is 4.83. The number of unbranched alkanes of at least 4 members (excludes halogenated alkanes) is 2. The fourth-order valence-electron chi connectivity index (χ4n) is 3.90. The van der Waals surface area contributed by atoms with Crippen LogP contribution in [-0.4, -0.2) is 37.1 Å². The van der Waals surface area contributed by atoms with Gasteiger partial charge in [0.05, 0.1) is 38.9 Å². The lowest BCUT2D eigenvalue weighted by atomic mass is 10.0. The molecule has 1 aromatic rings. The van der Waals surface area contributed by atoms with E-state index in [0.717, 1.165) is 56.9 Å². The van der Waals surface area contributed by atoms with E-state index in [1.54, 1.807) is 12.1 Å². The number of esters is 4. The van der Waals surface area contributed by atoms with Crippen LogP contribution < -0.4 is 9.47 Å². The van der Waals surface area contributed by atoms with Crippen LogP contribution in [0, 0.1) is 18.8 Å². The molecular formula is C31H48O8. The Bertz CT molecular complexity index is 895. The molecule has 0 saturated carbocycles. The minimum absolute atomic E-state index is 0.0715. The maximum absolute atomic E-state index is 12.4. The highest BCUT2D eigenvalue weighted by Crippen LogP contribution is 2.29. The minimum atomic E-state index is -0.636. The molecule has 0 radical (unpaired) electrons. The Labute approximate surface area is 234 Å². The molecule has 0 heterocycles. The van der Waals surface area contributed by atoms with Crippen molar-refractivity contribution >= 4 is 23.9 Å². The summed E-state index contributed by atoms with van der Waals surface area (Å²) in [6.45, 7) is 10.9. The van der Waals surface area contributed by atoms with Gasteiger partial charge in [-0.2, -0.15) is 0 Å². The van der Waals surface area contributed by atoms with Crippen LogP contribution in [-0.2, 0) is 28.7 Å². The van der Waals surface area contributed by atoms with E-state index in [1.807, 2.05) is 6.92 Å². The molecule has 2 atom stereocenters. The van der Waals surface area contributed by atoms with E-state index in [0.29, 0.717) is 25.0 Å². The number of ether oxygens (including phenoxy) is 4. The number of carbonyl (C=O) groups excluding carboxylic acids is 4. The monoisotopic (exact) mass is 548 g/mol. The first-order valence-corrected chi connectivity index (χ1v) is 14.5. The van der Waals surface area contributed by atoms with Crippen LogP contribution in [0.4, 0.5) is 0 Å². The molecular weight excluding hydrogens is 500 g/mol. The van der Waals surface area contributed by atoms with Gasteiger partial charge in [-0.1, -0.05) is 72.3 Å². The Morgan fingerprint density at radius 2 is 1.08 bits per heavy atom. The van der Waals surface area contributed by atoms with E-state index in [1.165, 1.54) is 6.07 Å². The molecule has 1 aromatic carbocycles. The summed E-state index contributed by atoms with van der Waals surface area (Å²) in [6.07, 6.45) is 7.76. The predicted molar refractivity (Wildman–Crippen MR) is 149 cm³/mol. The van der Waals surface area contributed by atoms with E-state index in [9.17, 15) is 19.2 Å². The fraction of sp³-hybridized carbons (Fsp3) is 0.677. The maximum atomic E-state index is 12.4. The first-order valence-electron chi connectivity index (χ1n) is 14.5. The van der Waals surface area contributed by atoms with Gasteiger partial charge < -0.3 is 18.9 Å². The lowest BCUT2D eigenvalue weighted by Gasteiger charge is -2.15. The van der Waals surface area contributed by atoms with Gasteiger partial charge in [-0.25, -0.2) is 0 Å². The fourth-order valence-corrected chi connectivity index (χ4v) is 3.90. The quantitative estimate of drug-likeness (QED) is 0.128. The van der Waals surface area contributed by atoms with E-state index in [2.05, 4.69) is 27.7 Å². The third-order valence-electron chi connectivity index (χ3n) is 6.66. The van der Waals surface area contributed by atoms with Crippen LogP contribution in [0.3, 0.4) is 0 Å². The van der Waals surface area contributed by atoms with Crippen LogP contribution >= 0.6 is 0 Å². The van der Waals surface area contributed by atoms with Crippen LogP contribution in [0.15, 0.2) is 18.2 Å². The molecule has 39 heavy (non-hydrogen) atoms. The molecule has 0 aliphatic carbocycles. The smallest absolute Gasteiger partial charge is 0.311 e. The van der Waals surface area contributed by atoms with Gasteiger partial charge in [-0.15, -0.1) is 0 Å². The van der Waals surface area contributed by atoms with Crippen molar-refractivity contribution in [1.29, 1.82) is 0 Å². The average Bonchev–Trinajstić information content (AvgIpc) is 2.92. The zero-order valence-electron chi connectivity index (χ0n) is 24.6. The van der Waals surface area contributed by atoms with E-state index < -0.39 is 23.9 Å². The molecule has 0 amide bonds. The zero-order chi connectivity index (χ0) is 29.0. The van der Waals surface area contributed by atoms with Gasteiger partial charge in [-0.3, -0.25) is 19.2 Å². The van der Waals surface area contributed by atoms with Crippen molar-refractivity contribution in [3.8, 4) is 11.5 Å². The van der Waals surface area contributed by atoms with Crippen molar-refractivity contribution in [2.24, 2.45) is 11.8 Å². The first kappa shape index (κ1) is 34.1. The molecule has 0 N–H and O–H groups in total. The lowest BCUT2D eigenvalue weighted by molar-refractivity contribution is -0.148. The topological polar surface area (TPSA) is 105 Å². The second-order valence-corrected chi connectivity index (χ2v) is 10.1. The molecule has 0 aliphatic rings. The number of hydrogen-bond donors (Lipinski definition) is 0. The average molecular weight is 549 g/mol. The molecule has 0 aromatic heterocycles. The summed E-state index contributed by atoms with van der Waals surface area (Å²) in [5.74, 6) is -1.36. The van der Waals surface area contributed by atoms with E-state index in [4.69, 9.17) is 18.9 Å². The molecule has 0 spiro atoms. The Hall–Kier alpha value is -2.90. The van der Waals surface area contributed by atoms with Crippen molar-refractivity contribution in [3.05, 3.63) is 23.8 Å². The summed E-state index contributed by atoms with van der Waals surface area (Å²) in [5, 5.41) is 0. The highest BCUT2D eigenvalue weighted by molar-refractivity contribution is 5.81. The Balaban J connectivity index is 2.52. The van der Waals surface area contributed by atoms with E-state index in [-0.39, 0.29) is 37.2 Å². The largest absolute Gasteiger partial charge is 0.465 e. The van der Waals surface area contributed by atoms with Gasteiger partial charge in [0.2, 0.25) is 0 Å². The Kier molecular flexibility index (Phi) is 17.6. The third kappa shape index (κ3) is 15.3. The number of aryl methyl sites for hydroxylation is 1. The molecule has 220 valence electrons. The summed E-state index contributed by atoms with van der Waals surface area (Å²) in [5.41, 5.74) is 0.798. The van der Waals surface area contributed by atoms with Gasteiger partial charge in [0.1, 0.15) is 0 Å². The highest BCUT2D eigenvalue weighted by atomic mass is 16.6. The minimum Gasteiger partial charge on any atom is -0.465 e. The van der Waals surface area contributed by atoms with Crippen molar-refractivity contribution in [2.75, 3.05) is 13.2 Å². The Morgan fingerprint density at radius 3 is 1.51 bits per heavy atom. The number of rotatable bonds is 20. The van der Waals surface area contributed by atoms with Gasteiger partial charge in [-0.05, 0) is 49.3 Å². The van der Waals surface area contributed by atoms with Crippen molar-refractivity contribution in [2.45, 2.75) is 112 Å². The maximum Gasteiger partial charge on any atom is 0.311 e. The van der Waals surface area contributed by atoms with Gasteiger partial charge >= 0.3 is 23.9 Å². The normalized spacial score (nSPS) is 12.3. The summed E-state index contributed by atoms with van der Waals surface area (Å²) in [4.78, 5) is 49.0. The Morgan fingerprint density at radius 1 is 0.641 bits per heavy atom. The first-order chi connectivity index (χ1) is 18.7. The number of carbonyl (C=O) groups is 4. The van der Waals surface area contributed by atoms with Crippen LogP contribution in [0.25, 0.3) is 0 Å². The molecule has 0 fully saturated rings. The molecule has 1 rings (SSSR count). The highest BCUT2D eigenvalue weighted by Gasteiger charge is 2.18. The van der Waals surface area contributed by atoms with Crippen molar-refractivity contribution in [1.82, 2.24) is 0 Å².